The summed E-state index contributed by atoms with van der Waals surface area (Å²) in [6, 6.07) is 0. The van der Waals surface area contributed by atoms with Crippen molar-refractivity contribution in [3.05, 3.63) is 18.1 Å². The predicted octanol–water partition coefficient (Wildman–Crippen LogP) is 1.51. The lowest BCUT2D eigenvalue weighted by atomic mass is 10.3. The Morgan fingerprint density at radius 3 is 2.55 bits per heavy atom. The van der Waals surface area contributed by atoms with Crippen LogP contribution in [0.25, 0.3) is 0 Å². The van der Waals surface area contributed by atoms with Gasteiger partial charge in [0.2, 0.25) is 0 Å². The molecule has 0 fully saturated rings. The van der Waals surface area contributed by atoms with Gasteiger partial charge in [-0.2, -0.15) is 12.6 Å². The number of hydrogen-bond donors (Lipinski definition) is 2. The molecule has 60 valence electrons. The van der Waals surface area contributed by atoms with Gasteiger partial charge in [0.1, 0.15) is 5.82 Å². The first-order valence-corrected chi connectivity index (χ1v) is 3.94. The van der Waals surface area contributed by atoms with Gasteiger partial charge in [-0.25, -0.2) is 4.98 Å². The number of aromatic nitrogens is 2. The number of thiol groups is 1. The minimum Gasteiger partial charge on any atom is -0.372 e. The molecular formula is C7H11N3S. The molecule has 0 aromatic carbocycles. The molecule has 0 bridgehead atoms. The summed E-state index contributed by atoms with van der Waals surface area (Å²) in [4.78, 5) is 8.24. The normalized spacial score (nSPS) is 12.6. The van der Waals surface area contributed by atoms with Crippen molar-refractivity contribution < 1.29 is 0 Å². The first-order valence-electron chi connectivity index (χ1n) is 3.42. The van der Waals surface area contributed by atoms with Crippen LogP contribution in [0.4, 0.5) is 5.82 Å². The minimum atomic E-state index is 0.117. The number of nitrogens with one attached hydrogen (secondary N) is 1. The van der Waals surface area contributed by atoms with Gasteiger partial charge < -0.3 is 5.32 Å². The second-order valence-electron chi connectivity index (χ2n) is 2.22. The Bertz CT molecular complexity index is 237. The first-order chi connectivity index (χ1) is 5.25. The molecule has 3 nitrogen and oxygen atoms in total. The Kier molecular flexibility index (Phi) is 2.70. The molecule has 1 atom stereocenters. The molecule has 1 N–H and O–H groups in total. The molecule has 0 aliphatic carbocycles. The molecule has 1 heterocycles. The molecule has 0 amide bonds. The van der Waals surface area contributed by atoms with Gasteiger partial charge in [0.05, 0.1) is 5.69 Å². The van der Waals surface area contributed by atoms with E-state index in [0.29, 0.717) is 0 Å². The van der Waals surface area contributed by atoms with Gasteiger partial charge >= 0.3 is 0 Å². The summed E-state index contributed by atoms with van der Waals surface area (Å²) < 4.78 is 0. The van der Waals surface area contributed by atoms with E-state index in [9.17, 15) is 0 Å². The molecule has 0 saturated carbocycles. The Labute approximate surface area is 71.7 Å². The molecule has 1 aromatic heterocycles. The average Bonchev–Trinajstić information content (AvgIpc) is 2.04. The van der Waals surface area contributed by atoms with Gasteiger partial charge in [-0.1, -0.05) is 0 Å². The van der Waals surface area contributed by atoms with Crippen molar-refractivity contribution >= 4 is 18.4 Å². The van der Waals surface area contributed by atoms with Crippen LogP contribution >= 0.6 is 12.6 Å². The van der Waals surface area contributed by atoms with E-state index >= 15 is 0 Å². The summed E-state index contributed by atoms with van der Waals surface area (Å²) in [5.41, 5.74) is 0.887. The van der Waals surface area contributed by atoms with Gasteiger partial charge in [-0.3, -0.25) is 4.98 Å². The third kappa shape index (κ3) is 1.83. The van der Waals surface area contributed by atoms with Crippen molar-refractivity contribution in [3.8, 4) is 0 Å². The lowest BCUT2D eigenvalue weighted by molar-refractivity contribution is 0.985. The molecule has 0 radical (unpaired) electrons. The SMILES string of the molecule is CNc1nccnc1C(C)S. The van der Waals surface area contributed by atoms with Crippen molar-refractivity contribution in [1.82, 2.24) is 9.97 Å². The van der Waals surface area contributed by atoms with Gasteiger partial charge in [0.15, 0.2) is 0 Å². The Morgan fingerprint density at radius 2 is 2.09 bits per heavy atom. The molecule has 1 unspecified atom stereocenters. The quantitative estimate of drug-likeness (QED) is 0.659. The third-order valence-electron chi connectivity index (χ3n) is 1.36. The lowest BCUT2D eigenvalue weighted by Gasteiger charge is -2.07. The Morgan fingerprint density at radius 1 is 1.45 bits per heavy atom. The van der Waals surface area contributed by atoms with Gasteiger partial charge in [0.25, 0.3) is 0 Å². The lowest BCUT2D eigenvalue weighted by Crippen LogP contribution is -2.00. The van der Waals surface area contributed by atoms with Crippen molar-refractivity contribution in [3.63, 3.8) is 0 Å². The van der Waals surface area contributed by atoms with E-state index in [-0.39, 0.29) is 5.25 Å². The van der Waals surface area contributed by atoms with Crippen LogP contribution in [0.1, 0.15) is 17.9 Å². The van der Waals surface area contributed by atoms with Crippen molar-refractivity contribution in [2.24, 2.45) is 0 Å². The van der Waals surface area contributed by atoms with Crippen LogP contribution in [0.5, 0.6) is 0 Å². The van der Waals surface area contributed by atoms with Crippen molar-refractivity contribution in [2.45, 2.75) is 12.2 Å². The van der Waals surface area contributed by atoms with Gasteiger partial charge in [0, 0.05) is 24.7 Å². The highest BCUT2D eigenvalue weighted by molar-refractivity contribution is 7.80. The highest BCUT2D eigenvalue weighted by Gasteiger charge is 2.06. The topological polar surface area (TPSA) is 37.8 Å². The van der Waals surface area contributed by atoms with Crippen LogP contribution in [-0.4, -0.2) is 17.0 Å². The Hall–Kier alpha value is -0.770. The van der Waals surface area contributed by atoms with E-state index in [0.717, 1.165) is 11.5 Å². The molecule has 0 spiro atoms. The summed E-state index contributed by atoms with van der Waals surface area (Å²) in [6.07, 6.45) is 3.33. The zero-order valence-corrected chi connectivity index (χ0v) is 7.47. The van der Waals surface area contributed by atoms with Crippen LogP contribution in [0.2, 0.25) is 0 Å². The molecule has 1 rings (SSSR count). The van der Waals surface area contributed by atoms with Crippen molar-refractivity contribution in [1.29, 1.82) is 0 Å². The fourth-order valence-electron chi connectivity index (χ4n) is 0.847. The summed E-state index contributed by atoms with van der Waals surface area (Å²) in [5.74, 6) is 0.801. The minimum absolute atomic E-state index is 0.117. The number of nitrogens with zero attached hydrogens (tertiary/aromatic N) is 2. The van der Waals surface area contributed by atoms with Gasteiger partial charge in [-0.15, -0.1) is 0 Å². The second-order valence-corrected chi connectivity index (χ2v) is 2.99. The van der Waals surface area contributed by atoms with Crippen molar-refractivity contribution in [2.75, 3.05) is 12.4 Å². The summed E-state index contributed by atoms with van der Waals surface area (Å²) in [7, 11) is 1.82. The third-order valence-corrected chi connectivity index (χ3v) is 1.60. The smallest absolute Gasteiger partial charge is 0.148 e. The number of anilines is 1. The second kappa shape index (κ2) is 3.57. The maximum atomic E-state index is 4.27. The van der Waals surface area contributed by atoms with Crippen LogP contribution < -0.4 is 5.32 Å². The number of hydrogen-bond acceptors (Lipinski definition) is 4. The molecule has 0 aliphatic heterocycles. The van der Waals surface area contributed by atoms with Crippen LogP contribution in [0.15, 0.2) is 12.4 Å². The largest absolute Gasteiger partial charge is 0.372 e. The van der Waals surface area contributed by atoms with Crippen LogP contribution in [-0.2, 0) is 0 Å². The van der Waals surface area contributed by atoms with Gasteiger partial charge in [-0.05, 0) is 6.92 Å². The van der Waals surface area contributed by atoms with E-state index < -0.39 is 0 Å². The average molecular weight is 169 g/mol. The zero-order chi connectivity index (χ0) is 8.27. The summed E-state index contributed by atoms with van der Waals surface area (Å²) in [6.45, 7) is 1.97. The predicted molar refractivity (Wildman–Crippen MR) is 49.0 cm³/mol. The molecular weight excluding hydrogens is 158 g/mol. The monoisotopic (exact) mass is 169 g/mol. The fourth-order valence-corrected chi connectivity index (χ4v) is 1.04. The van der Waals surface area contributed by atoms with E-state index in [2.05, 4.69) is 27.9 Å². The molecule has 0 saturated heterocycles. The molecule has 0 aliphatic rings. The molecule has 1 aromatic rings. The molecule has 11 heavy (non-hydrogen) atoms. The van der Waals surface area contributed by atoms with Crippen LogP contribution in [0, 0.1) is 0 Å². The van der Waals surface area contributed by atoms with E-state index in [1.165, 1.54) is 0 Å². The highest BCUT2D eigenvalue weighted by Crippen LogP contribution is 2.21. The Balaban J connectivity index is 3.02. The summed E-state index contributed by atoms with van der Waals surface area (Å²) in [5, 5.41) is 3.07. The standard InChI is InChI=1S/C7H11N3S/c1-5(11)6-7(8-2)10-4-3-9-6/h3-5,11H,1-2H3,(H,8,10). The first kappa shape index (κ1) is 8.33. The van der Waals surface area contributed by atoms with Crippen LogP contribution in [0.3, 0.4) is 0 Å². The highest BCUT2D eigenvalue weighted by atomic mass is 32.1. The van der Waals surface area contributed by atoms with E-state index in [1.54, 1.807) is 12.4 Å². The fraction of sp³-hybridized carbons (Fsp3) is 0.429. The molecule has 4 heteroatoms. The maximum Gasteiger partial charge on any atom is 0.148 e. The zero-order valence-electron chi connectivity index (χ0n) is 6.57. The van der Waals surface area contributed by atoms with E-state index in [1.807, 2.05) is 14.0 Å². The number of rotatable bonds is 2. The van der Waals surface area contributed by atoms with E-state index in [4.69, 9.17) is 0 Å². The maximum absolute atomic E-state index is 4.27. The summed E-state index contributed by atoms with van der Waals surface area (Å²) >= 11 is 4.27.